The first-order valence-corrected chi connectivity index (χ1v) is 11.2. The summed E-state index contributed by atoms with van der Waals surface area (Å²) in [5.41, 5.74) is 2.84. The van der Waals surface area contributed by atoms with Crippen molar-refractivity contribution in [3.63, 3.8) is 0 Å². The molecule has 7 nitrogen and oxygen atoms in total. The lowest BCUT2D eigenvalue weighted by atomic mass is 9.93. The van der Waals surface area contributed by atoms with Crippen LogP contribution in [-0.2, 0) is 33.9 Å². The molecule has 3 aromatic rings. The molecule has 1 N–H and O–H groups in total. The third kappa shape index (κ3) is 4.81. The Bertz CT molecular complexity index is 1180. The molecule has 164 valence electrons. The van der Waals surface area contributed by atoms with Crippen LogP contribution in [0, 0.1) is 0 Å². The zero-order valence-corrected chi connectivity index (χ0v) is 18.8. The molecule has 0 radical (unpaired) electrons. The maximum atomic E-state index is 13.3. The maximum Gasteiger partial charge on any atom is 0.329 e. The largest absolute Gasteiger partial charge is 0.458 e. The monoisotopic (exact) mass is 469 g/mol. The van der Waals surface area contributed by atoms with Gasteiger partial charge in [0.2, 0.25) is 5.91 Å². The predicted octanol–water partition coefficient (Wildman–Crippen LogP) is 4.07. The van der Waals surface area contributed by atoms with Crippen LogP contribution in [0.2, 0.25) is 5.02 Å². The molecule has 1 atom stereocenters. The number of hydrogen-bond donors (Lipinski definition) is 1. The topological polar surface area (TPSA) is 88.6 Å². The normalized spacial score (nSPS) is 15.1. The van der Waals surface area contributed by atoms with Crippen molar-refractivity contribution < 1.29 is 19.1 Å². The Hall–Kier alpha value is -3.23. The smallest absolute Gasteiger partial charge is 0.329 e. The fourth-order valence-electron chi connectivity index (χ4n) is 3.56. The molecule has 2 aromatic carbocycles. The van der Waals surface area contributed by atoms with Crippen LogP contribution in [0.1, 0.15) is 34.1 Å². The summed E-state index contributed by atoms with van der Waals surface area (Å²) in [7, 11) is 0. The van der Waals surface area contributed by atoms with Crippen LogP contribution in [0.15, 0.2) is 53.9 Å². The minimum Gasteiger partial charge on any atom is -0.458 e. The molecule has 0 saturated carbocycles. The van der Waals surface area contributed by atoms with Gasteiger partial charge in [-0.15, -0.1) is 11.3 Å². The molecule has 0 fully saturated rings. The second-order valence-corrected chi connectivity index (χ2v) is 8.60. The molecule has 2 amide bonds. The highest BCUT2D eigenvalue weighted by atomic mass is 35.5. The Balaban J connectivity index is 1.54. The lowest BCUT2D eigenvalue weighted by Crippen LogP contribution is -2.49. The van der Waals surface area contributed by atoms with Gasteiger partial charge in [-0.3, -0.25) is 9.59 Å². The maximum absolute atomic E-state index is 13.3. The van der Waals surface area contributed by atoms with Crippen LogP contribution >= 0.6 is 22.9 Å². The molecular formula is C23H20ClN3O4S. The number of nitrogens with one attached hydrogen (secondary N) is 1. The van der Waals surface area contributed by atoms with Gasteiger partial charge < -0.3 is 15.0 Å². The predicted molar refractivity (Wildman–Crippen MR) is 121 cm³/mol. The third-order valence-electron chi connectivity index (χ3n) is 5.08. The Morgan fingerprint density at radius 3 is 2.62 bits per heavy atom. The van der Waals surface area contributed by atoms with Crippen molar-refractivity contribution in [2.24, 2.45) is 0 Å². The summed E-state index contributed by atoms with van der Waals surface area (Å²) in [5, 5.41) is 5.07. The van der Waals surface area contributed by atoms with Crippen LogP contribution in [0.25, 0.3) is 0 Å². The first kappa shape index (κ1) is 22.0. The number of halogens is 1. The fourth-order valence-corrected chi connectivity index (χ4v) is 4.52. The quantitative estimate of drug-likeness (QED) is 0.569. The minimum absolute atomic E-state index is 0.0544. The van der Waals surface area contributed by atoms with E-state index in [0.717, 1.165) is 11.1 Å². The van der Waals surface area contributed by atoms with Crippen LogP contribution in [0.4, 0.5) is 5.13 Å². The summed E-state index contributed by atoms with van der Waals surface area (Å²) < 4.78 is 5.51. The number of carbonyl (C=O) groups excluding carboxylic acids is 3. The number of carbonyl (C=O) groups is 3. The third-order valence-corrected chi connectivity index (χ3v) is 6.22. The Morgan fingerprint density at radius 2 is 1.88 bits per heavy atom. The summed E-state index contributed by atoms with van der Waals surface area (Å²) in [4.78, 5) is 43.3. The molecule has 1 aliphatic heterocycles. The van der Waals surface area contributed by atoms with E-state index in [1.165, 1.54) is 23.2 Å². The number of rotatable bonds is 5. The number of hydrogen-bond acceptors (Lipinski definition) is 6. The number of thiazole rings is 1. The molecule has 0 unspecified atom stereocenters. The number of esters is 1. The van der Waals surface area contributed by atoms with Gasteiger partial charge in [0.15, 0.2) is 5.13 Å². The van der Waals surface area contributed by atoms with E-state index in [4.69, 9.17) is 16.3 Å². The van der Waals surface area contributed by atoms with Crippen LogP contribution < -0.4 is 5.32 Å². The molecule has 2 heterocycles. The van der Waals surface area contributed by atoms with Gasteiger partial charge in [-0.25, -0.2) is 9.78 Å². The Labute approximate surface area is 194 Å². The molecule has 0 aliphatic carbocycles. The van der Waals surface area contributed by atoms with Gasteiger partial charge in [0.1, 0.15) is 12.6 Å². The van der Waals surface area contributed by atoms with Gasteiger partial charge in [-0.05, 0) is 23.3 Å². The van der Waals surface area contributed by atoms with Gasteiger partial charge in [-0.2, -0.15) is 0 Å². The molecule has 4 rings (SSSR count). The van der Waals surface area contributed by atoms with Gasteiger partial charge in [0.05, 0.1) is 16.3 Å². The first-order chi connectivity index (χ1) is 15.4. The lowest BCUT2D eigenvalue weighted by molar-refractivity contribution is -0.151. The lowest BCUT2D eigenvalue weighted by Gasteiger charge is -2.35. The highest BCUT2D eigenvalue weighted by Crippen LogP contribution is 2.28. The Kier molecular flexibility index (Phi) is 6.53. The van der Waals surface area contributed by atoms with Crippen molar-refractivity contribution >= 4 is 45.9 Å². The summed E-state index contributed by atoms with van der Waals surface area (Å²) in [6.45, 7) is 1.62. The van der Waals surface area contributed by atoms with E-state index in [2.05, 4.69) is 10.3 Å². The van der Waals surface area contributed by atoms with E-state index in [1.54, 1.807) is 29.6 Å². The highest BCUT2D eigenvalue weighted by Gasteiger charge is 2.36. The molecule has 0 bridgehead atoms. The molecule has 32 heavy (non-hydrogen) atoms. The van der Waals surface area contributed by atoms with E-state index in [-0.39, 0.29) is 25.0 Å². The number of aromatic nitrogens is 1. The molecular weight excluding hydrogens is 450 g/mol. The van der Waals surface area contributed by atoms with E-state index >= 15 is 0 Å². The summed E-state index contributed by atoms with van der Waals surface area (Å²) in [6, 6.07) is 13.7. The second kappa shape index (κ2) is 9.50. The number of anilines is 1. The first-order valence-electron chi connectivity index (χ1n) is 9.93. The van der Waals surface area contributed by atoms with Crippen molar-refractivity contribution in [2.75, 3.05) is 5.32 Å². The van der Waals surface area contributed by atoms with Gasteiger partial charge in [-0.1, -0.05) is 48.0 Å². The Morgan fingerprint density at radius 1 is 1.16 bits per heavy atom. The van der Waals surface area contributed by atoms with E-state index in [1.807, 2.05) is 24.3 Å². The van der Waals surface area contributed by atoms with Crippen molar-refractivity contribution in [1.29, 1.82) is 0 Å². The molecule has 0 saturated heterocycles. The standard InChI is InChI=1S/C23H20ClN3O4S/c1-14(28)25-23-26-17(13-32-23)12-31-22(30)20-10-15-6-2-3-7-16(15)11-27(20)21(29)18-8-4-5-9-19(18)24/h2-9,13,20H,10-12H2,1H3,(H,25,26,28)/t20-/m0/s1. The zero-order valence-electron chi connectivity index (χ0n) is 17.2. The molecule has 1 aliphatic rings. The fraction of sp³-hybridized carbons (Fsp3) is 0.217. The zero-order chi connectivity index (χ0) is 22.7. The van der Waals surface area contributed by atoms with Crippen LogP contribution in [-0.4, -0.2) is 33.7 Å². The molecule has 9 heteroatoms. The van der Waals surface area contributed by atoms with E-state index < -0.39 is 12.0 Å². The second-order valence-electron chi connectivity index (χ2n) is 7.33. The van der Waals surface area contributed by atoms with Crippen LogP contribution in [0.5, 0.6) is 0 Å². The van der Waals surface area contributed by atoms with Crippen molar-refractivity contribution in [2.45, 2.75) is 32.5 Å². The number of fused-ring (bicyclic) bond motifs is 1. The SMILES string of the molecule is CC(=O)Nc1nc(COC(=O)[C@@H]2Cc3ccccc3CN2C(=O)c2ccccc2Cl)cs1. The number of ether oxygens (including phenoxy) is 1. The average Bonchev–Trinajstić information content (AvgIpc) is 3.23. The summed E-state index contributed by atoms with van der Waals surface area (Å²) in [5.74, 6) is -1.07. The summed E-state index contributed by atoms with van der Waals surface area (Å²) in [6.07, 6.45) is 0.347. The van der Waals surface area contributed by atoms with E-state index in [9.17, 15) is 14.4 Å². The number of amides is 2. The van der Waals surface area contributed by atoms with Gasteiger partial charge >= 0.3 is 5.97 Å². The van der Waals surface area contributed by atoms with Gasteiger partial charge in [0, 0.05) is 25.3 Å². The molecule has 1 aromatic heterocycles. The van der Waals surface area contributed by atoms with Gasteiger partial charge in [0.25, 0.3) is 5.91 Å². The van der Waals surface area contributed by atoms with Crippen molar-refractivity contribution in [3.8, 4) is 0 Å². The summed E-state index contributed by atoms with van der Waals surface area (Å²) >= 11 is 7.49. The van der Waals surface area contributed by atoms with E-state index in [0.29, 0.717) is 27.8 Å². The number of nitrogens with zero attached hydrogens (tertiary/aromatic N) is 2. The average molecular weight is 470 g/mol. The van der Waals surface area contributed by atoms with Crippen molar-refractivity contribution in [1.82, 2.24) is 9.88 Å². The highest BCUT2D eigenvalue weighted by molar-refractivity contribution is 7.13. The molecule has 0 spiro atoms. The number of benzene rings is 2. The van der Waals surface area contributed by atoms with Crippen molar-refractivity contribution in [3.05, 3.63) is 81.3 Å². The van der Waals surface area contributed by atoms with Crippen LogP contribution in [0.3, 0.4) is 0 Å². The minimum atomic E-state index is -0.790.